The molecule has 1 fully saturated rings. The first-order valence-electron chi connectivity index (χ1n) is 8.64. The largest absolute Gasteiger partial charge is 0.241 e. The molecule has 1 saturated carbocycles. The molecule has 1 aliphatic carbocycles. The SMILES string of the molecule is CCCCCCNN(NCCCCCC)C1CCC1. The summed E-state index contributed by atoms with van der Waals surface area (Å²) in [5.74, 6) is 0. The molecule has 3 nitrogen and oxygen atoms in total. The summed E-state index contributed by atoms with van der Waals surface area (Å²) < 4.78 is 0. The molecular formula is C16H35N3. The van der Waals surface area contributed by atoms with Gasteiger partial charge in [0.25, 0.3) is 0 Å². The Hall–Kier alpha value is -0.120. The molecule has 0 aliphatic heterocycles. The molecule has 0 unspecified atom stereocenters. The van der Waals surface area contributed by atoms with Gasteiger partial charge in [-0.25, -0.2) is 10.9 Å². The number of unbranched alkanes of at least 4 members (excludes halogenated alkanes) is 6. The Morgan fingerprint density at radius 2 is 1.32 bits per heavy atom. The van der Waals surface area contributed by atoms with Crippen molar-refractivity contribution in [1.29, 1.82) is 0 Å². The van der Waals surface area contributed by atoms with Gasteiger partial charge >= 0.3 is 0 Å². The zero-order chi connectivity index (χ0) is 13.8. The first kappa shape index (κ1) is 16.9. The Kier molecular flexibility index (Phi) is 10.4. The van der Waals surface area contributed by atoms with Gasteiger partial charge in [-0.3, -0.25) is 0 Å². The Morgan fingerprint density at radius 3 is 1.68 bits per heavy atom. The first-order valence-corrected chi connectivity index (χ1v) is 8.64. The number of hydrazine groups is 2. The van der Waals surface area contributed by atoms with Gasteiger partial charge in [0.1, 0.15) is 0 Å². The van der Waals surface area contributed by atoms with E-state index in [4.69, 9.17) is 0 Å². The highest BCUT2D eigenvalue weighted by molar-refractivity contribution is 4.76. The first-order chi connectivity index (χ1) is 9.38. The van der Waals surface area contributed by atoms with Gasteiger partial charge in [0.2, 0.25) is 0 Å². The van der Waals surface area contributed by atoms with E-state index in [2.05, 4.69) is 29.8 Å². The molecule has 19 heavy (non-hydrogen) atoms. The molecule has 0 bridgehead atoms. The Balaban J connectivity index is 2.05. The van der Waals surface area contributed by atoms with Crippen molar-refractivity contribution in [3.05, 3.63) is 0 Å². The van der Waals surface area contributed by atoms with Crippen LogP contribution in [0.3, 0.4) is 0 Å². The Bertz CT molecular complexity index is 178. The van der Waals surface area contributed by atoms with Crippen LogP contribution in [0.2, 0.25) is 0 Å². The van der Waals surface area contributed by atoms with Crippen LogP contribution >= 0.6 is 0 Å². The van der Waals surface area contributed by atoms with Crippen molar-refractivity contribution in [1.82, 2.24) is 16.0 Å². The lowest BCUT2D eigenvalue weighted by molar-refractivity contribution is 0.0164. The molecule has 0 amide bonds. The molecule has 0 aromatic carbocycles. The van der Waals surface area contributed by atoms with Crippen LogP contribution in [0.5, 0.6) is 0 Å². The van der Waals surface area contributed by atoms with Gasteiger partial charge in [0.05, 0.1) is 0 Å². The lowest BCUT2D eigenvalue weighted by Gasteiger charge is -2.37. The Labute approximate surface area is 120 Å². The van der Waals surface area contributed by atoms with Crippen LogP contribution in [0.1, 0.15) is 84.5 Å². The fourth-order valence-corrected chi connectivity index (χ4v) is 2.46. The van der Waals surface area contributed by atoms with Crippen molar-refractivity contribution in [2.75, 3.05) is 13.1 Å². The highest BCUT2D eigenvalue weighted by atomic mass is 15.7. The van der Waals surface area contributed by atoms with E-state index in [9.17, 15) is 0 Å². The van der Waals surface area contributed by atoms with Gasteiger partial charge < -0.3 is 0 Å². The molecule has 0 aromatic rings. The third-order valence-electron chi connectivity index (χ3n) is 4.06. The van der Waals surface area contributed by atoms with Gasteiger partial charge in [-0.05, 0) is 25.7 Å². The normalized spacial score (nSPS) is 15.9. The molecule has 2 N–H and O–H groups in total. The van der Waals surface area contributed by atoms with Gasteiger partial charge in [-0.15, -0.1) is 0 Å². The summed E-state index contributed by atoms with van der Waals surface area (Å²) in [4.78, 5) is 0. The molecule has 0 spiro atoms. The quantitative estimate of drug-likeness (QED) is 0.391. The van der Waals surface area contributed by atoms with Gasteiger partial charge in [-0.1, -0.05) is 58.8 Å². The Morgan fingerprint density at radius 1 is 0.789 bits per heavy atom. The topological polar surface area (TPSA) is 27.3 Å². The van der Waals surface area contributed by atoms with Crippen LogP contribution < -0.4 is 10.9 Å². The van der Waals surface area contributed by atoms with Gasteiger partial charge in [-0.2, -0.15) is 5.12 Å². The van der Waals surface area contributed by atoms with Crippen LogP contribution in [0.4, 0.5) is 0 Å². The highest BCUT2D eigenvalue weighted by Crippen LogP contribution is 2.22. The summed E-state index contributed by atoms with van der Waals surface area (Å²) in [6.45, 7) is 6.79. The summed E-state index contributed by atoms with van der Waals surface area (Å²) in [6.07, 6.45) is 14.8. The monoisotopic (exact) mass is 269 g/mol. The van der Waals surface area contributed by atoms with Crippen molar-refractivity contribution in [2.24, 2.45) is 0 Å². The van der Waals surface area contributed by atoms with Crippen molar-refractivity contribution in [3.8, 4) is 0 Å². The van der Waals surface area contributed by atoms with E-state index in [1.165, 1.54) is 70.6 Å². The second-order valence-electron chi connectivity index (χ2n) is 5.89. The number of hydrogen-bond donors (Lipinski definition) is 2. The standard InChI is InChI=1S/C16H35N3/c1-3-5-7-9-14-17-19(16-12-11-13-16)18-15-10-8-6-4-2/h16-18H,3-15H2,1-2H3. The third kappa shape index (κ3) is 7.91. The van der Waals surface area contributed by atoms with E-state index >= 15 is 0 Å². The van der Waals surface area contributed by atoms with Crippen molar-refractivity contribution in [3.63, 3.8) is 0 Å². The maximum absolute atomic E-state index is 3.59. The fourth-order valence-electron chi connectivity index (χ4n) is 2.46. The second-order valence-corrected chi connectivity index (χ2v) is 5.89. The van der Waals surface area contributed by atoms with E-state index < -0.39 is 0 Å². The summed E-state index contributed by atoms with van der Waals surface area (Å²) >= 11 is 0. The zero-order valence-electron chi connectivity index (χ0n) is 13.2. The van der Waals surface area contributed by atoms with Crippen LogP contribution in [0, 0.1) is 0 Å². The van der Waals surface area contributed by atoms with Gasteiger partial charge in [0.15, 0.2) is 0 Å². The average molecular weight is 269 g/mol. The summed E-state index contributed by atoms with van der Waals surface area (Å²) in [6, 6.07) is 0.734. The summed E-state index contributed by atoms with van der Waals surface area (Å²) in [5, 5.41) is 2.32. The molecule has 3 heteroatoms. The van der Waals surface area contributed by atoms with Crippen molar-refractivity contribution < 1.29 is 0 Å². The zero-order valence-corrected chi connectivity index (χ0v) is 13.2. The molecule has 114 valence electrons. The maximum Gasteiger partial charge on any atom is 0.0400 e. The maximum atomic E-state index is 3.59. The smallest absolute Gasteiger partial charge is 0.0400 e. The van der Waals surface area contributed by atoms with E-state index in [1.54, 1.807) is 0 Å². The van der Waals surface area contributed by atoms with Crippen molar-refractivity contribution in [2.45, 2.75) is 90.5 Å². The third-order valence-corrected chi connectivity index (χ3v) is 4.06. The average Bonchev–Trinajstić information content (AvgIpc) is 2.35. The molecular weight excluding hydrogens is 234 g/mol. The number of rotatable bonds is 13. The highest BCUT2D eigenvalue weighted by Gasteiger charge is 2.24. The summed E-state index contributed by atoms with van der Waals surface area (Å²) in [7, 11) is 0. The van der Waals surface area contributed by atoms with Crippen LogP contribution in [0.25, 0.3) is 0 Å². The van der Waals surface area contributed by atoms with Crippen LogP contribution in [-0.4, -0.2) is 24.2 Å². The van der Waals surface area contributed by atoms with Crippen molar-refractivity contribution >= 4 is 0 Å². The predicted octanol–water partition coefficient (Wildman–Crippen LogP) is 4.01. The number of nitrogens with one attached hydrogen (secondary N) is 2. The molecule has 1 rings (SSSR count). The minimum Gasteiger partial charge on any atom is -0.241 e. The molecule has 0 atom stereocenters. The molecule has 0 radical (unpaired) electrons. The summed E-state index contributed by atoms with van der Waals surface area (Å²) in [5.41, 5.74) is 7.19. The lowest BCUT2D eigenvalue weighted by atomic mass is 9.93. The van der Waals surface area contributed by atoms with Crippen LogP contribution in [0.15, 0.2) is 0 Å². The minimum atomic E-state index is 0.734. The fraction of sp³-hybridized carbons (Fsp3) is 1.00. The van der Waals surface area contributed by atoms with Crippen LogP contribution in [-0.2, 0) is 0 Å². The molecule has 0 aromatic heterocycles. The molecule has 1 aliphatic rings. The second kappa shape index (κ2) is 11.7. The number of nitrogens with zero attached hydrogens (tertiary/aromatic N) is 1. The number of hydrogen-bond acceptors (Lipinski definition) is 3. The van der Waals surface area contributed by atoms with E-state index in [0.717, 1.165) is 19.1 Å². The molecule has 0 heterocycles. The predicted molar refractivity (Wildman–Crippen MR) is 83.8 cm³/mol. The van der Waals surface area contributed by atoms with E-state index in [1.807, 2.05) is 0 Å². The lowest BCUT2D eigenvalue weighted by Crippen LogP contribution is -2.56. The van der Waals surface area contributed by atoms with Gasteiger partial charge in [0, 0.05) is 19.1 Å². The van der Waals surface area contributed by atoms with E-state index in [0.29, 0.717) is 0 Å². The van der Waals surface area contributed by atoms with E-state index in [-0.39, 0.29) is 0 Å². The molecule has 0 saturated heterocycles. The minimum absolute atomic E-state index is 0.734.